The first-order chi connectivity index (χ1) is 9.18. The average Bonchev–Trinajstić information content (AvgIpc) is 2.45. The van der Waals surface area contributed by atoms with E-state index in [1.807, 2.05) is 6.07 Å². The van der Waals surface area contributed by atoms with Gasteiger partial charge in [0.2, 0.25) is 0 Å². The predicted octanol–water partition coefficient (Wildman–Crippen LogP) is 3.80. The third-order valence-electron chi connectivity index (χ3n) is 4.76. The van der Waals surface area contributed by atoms with Gasteiger partial charge in [-0.3, -0.25) is 0 Å². The van der Waals surface area contributed by atoms with Crippen molar-refractivity contribution in [2.75, 3.05) is 14.2 Å². The fourth-order valence-electron chi connectivity index (χ4n) is 3.44. The summed E-state index contributed by atoms with van der Waals surface area (Å²) in [6.45, 7) is 2.45. The Hall–Kier alpha value is -1.02. The Morgan fingerprint density at radius 1 is 1.26 bits per heavy atom. The van der Waals surface area contributed by atoms with Crippen LogP contribution in [0.15, 0.2) is 24.3 Å². The molecule has 0 aliphatic heterocycles. The van der Waals surface area contributed by atoms with E-state index in [9.17, 15) is 0 Å². The van der Waals surface area contributed by atoms with Crippen LogP contribution in [-0.2, 0) is 6.42 Å². The lowest BCUT2D eigenvalue weighted by Crippen LogP contribution is -2.44. The van der Waals surface area contributed by atoms with Crippen molar-refractivity contribution in [2.45, 2.75) is 51.5 Å². The van der Waals surface area contributed by atoms with Gasteiger partial charge in [0, 0.05) is 6.04 Å². The van der Waals surface area contributed by atoms with E-state index < -0.39 is 0 Å². The van der Waals surface area contributed by atoms with Gasteiger partial charge >= 0.3 is 0 Å². The Labute approximate surface area is 117 Å². The Kier molecular flexibility index (Phi) is 4.87. The maximum Gasteiger partial charge on any atom is 0.119 e. The number of methoxy groups -OCH3 is 1. The van der Waals surface area contributed by atoms with Crippen LogP contribution in [0, 0.1) is 5.41 Å². The van der Waals surface area contributed by atoms with Crippen LogP contribution in [-0.4, -0.2) is 20.2 Å². The van der Waals surface area contributed by atoms with Gasteiger partial charge in [0.15, 0.2) is 0 Å². The molecular formula is C17H27NO. The zero-order valence-electron chi connectivity index (χ0n) is 12.5. The first kappa shape index (κ1) is 14.4. The van der Waals surface area contributed by atoms with Crippen LogP contribution in [0.3, 0.4) is 0 Å². The highest BCUT2D eigenvalue weighted by Gasteiger charge is 2.34. The third-order valence-corrected chi connectivity index (χ3v) is 4.76. The monoisotopic (exact) mass is 261 g/mol. The molecule has 0 amide bonds. The average molecular weight is 261 g/mol. The maximum absolute atomic E-state index is 5.32. The third kappa shape index (κ3) is 3.50. The fourth-order valence-corrected chi connectivity index (χ4v) is 3.44. The minimum atomic E-state index is 0.441. The second-order valence-electron chi connectivity index (χ2n) is 6.11. The van der Waals surface area contributed by atoms with E-state index in [0.29, 0.717) is 11.5 Å². The van der Waals surface area contributed by atoms with Crippen LogP contribution < -0.4 is 10.1 Å². The maximum atomic E-state index is 5.32. The molecule has 2 rings (SSSR count). The highest BCUT2D eigenvalue weighted by atomic mass is 16.5. The van der Waals surface area contributed by atoms with Crippen molar-refractivity contribution in [1.29, 1.82) is 0 Å². The van der Waals surface area contributed by atoms with E-state index in [-0.39, 0.29) is 0 Å². The summed E-state index contributed by atoms with van der Waals surface area (Å²) >= 11 is 0. The number of ether oxygens (including phenoxy) is 1. The van der Waals surface area contributed by atoms with Crippen molar-refractivity contribution in [3.63, 3.8) is 0 Å². The van der Waals surface area contributed by atoms with Gasteiger partial charge in [-0.15, -0.1) is 0 Å². The summed E-state index contributed by atoms with van der Waals surface area (Å²) in [5, 5.41) is 3.56. The van der Waals surface area contributed by atoms with Crippen molar-refractivity contribution in [1.82, 2.24) is 5.32 Å². The van der Waals surface area contributed by atoms with Crippen molar-refractivity contribution in [3.05, 3.63) is 29.8 Å². The van der Waals surface area contributed by atoms with Crippen LogP contribution in [0.25, 0.3) is 0 Å². The minimum Gasteiger partial charge on any atom is -0.497 e. The quantitative estimate of drug-likeness (QED) is 0.870. The molecular weight excluding hydrogens is 234 g/mol. The molecule has 1 aliphatic carbocycles. The molecule has 0 saturated heterocycles. The SMILES string of the molecule is CNC(Cc1cccc(OC)c1)C1(C)CCCCC1. The number of rotatable bonds is 5. The second-order valence-corrected chi connectivity index (χ2v) is 6.11. The molecule has 106 valence electrons. The van der Waals surface area contributed by atoms with Gasteiger partial charge in [-0.05, 0) is 49.4 Å². The van der Waals surface area contributed by atoms with Crippen molar-refractivity contribution in [3.8, 4) is 5.75 Å². The first-order valence-corrected chi connectivity index (χ1v) is 7.48. The molecule has 1 fully saturated rings. The molecule has 1 N–H and O–H groups in total. The number of nitrogens with one attached hydrogen (secondary N) is 1. The molecule has 0 heterocycles. The van der Waals surface area contributed by atoms with Gasteiger partial charge in [0.25, 0.3) is 0 Å². The normalized spacial score (nSPS) is 19.9. The van der Waals surface area contributed by atoms with E-state index in [2.05, 4.69) is 37.5 Å². The number of hydrogen-bond acceptors (Lipinski definition) is 2. The van der Waals surface area contributed by atoms with Crippen LogP contribution in [0.1, 0.15) is 44.6 Å². The van der Waals surface area contributed by atoms with Gasteiger partial charge in [-0.25, -0.2) is 0 Å². The minimum absolute atomic E-state index is 0.441. The Morgan fingerprint density at radius 3 is 2.63 bits per heavy atom. The summed E-state index contributed by atoms with van der Waals surface area (Å²) in [6.07, 6.45) is 7.96. The zero-order chi connectivity index (χ0) is 13.7. The van der Waals surface area contributed by atoms with Gasteiger partial charge in [-0.1, -0.05) is 38.3 Å². The smallest absolute Gasteiger partial charge is 0.119 e. The molecule has 0 bridgehead atoms. The summed E-state index contributed by atoms with van der Waals surface area (Å²) in [7, 11) is 3.84. The zero-order valence-corrected chi connectivity index (χ0v) is 12.5. The van der Waals surface area contributed by atoms with Crippen molar-refractivity contribution in [2.24, 2.45) is 5.41 Å². The van der Waals surface area contributed by atoms with E-state index in [1.165, 1.54) is 37.7 Å². The van der Waals surface area contributed by atoms with E-state index in [1.54, 1.807) is 7.11 Å². The summed E-state index contributed by atoms with van der Waals surface area (Å²) in [6, 6.07) is 9.03. The molecule has 2 nitrogen and oxygen atoms in total. The topological polar surface area (TPSA) is 21.3 Å². The van der Waals surface area contributed by atoms with Crippen LogP contribution in [0.4, 0.5) is 0 Å². The van der Waals surface area contributed by atoms with Crippen LogP contribution in [0.2, 0.25) is 0 Å². The Bertz CT molecular complexity index is 396. The molecule has 0 radical (unpaired) electrons. The lowest BCUT2D eigenvalue weighted by Gasteiger charge is -2.41. The first-order valence-electron chi connectivity index (χ1n) is 7.48. The number of hydrogen-bond donors (Lipinski definition) is 1. The Balaban J connectivity index is 2.09. The number of likely N-dealkylation sites (N-methyl/N-ethyl adjacent to an activating group) is 1. The highest BCUT2D eigenvalue weighted by molar-refractivity contribution is 5.29. The van der Waals surface area contributed by atoms with Gasteiger partial charge < -0.3 is 10.1 Å². The number of benzene rings is 1. The summed E-state index contributed by atoms with van der Waals surface area (Å²) in [5.41, 5.74) is 1.81. The van der Waals surface area contributed by atoms with Gasteiger partial charge in [0.05, 0.1) is 7.11 Å². The summed E-state index contributed by atoms with van der Waals surface area (Å²) < 4.78 is 5.32. The molecule has 0 aromatic heterocycles. The lowest BCUT2D eigenvalue weighted by atomic mass is 9.69. The Morgan fingerprint density at radius 2 is 2.00 bits per heavy atom. The summed E-state index contributed by atoms with van der Waals surface area (Å²) in [5.74, 6) is 0.959. The molecule has 2 heteroatoms. The molecule has 0 spiro atoms. The second kappa shape index (κ2) is 6.42. The molecule has 1 atom stereocenters. The lowest BCUT2D eigenvalue weighted by molar-refractivity contribution is 0.149. The fraction of sp³-hybridized carbons (Fsp3) is 0.647. The molecule has 1 aromatic rings. The largest absolute Gasteiger partial charge is 0.497 e. The molecule has 1 saturated carbocycles. The highest BCUT2D eigenvalue weighted by Crippen LogP contribution is 2.39. The molecule has 1 unspecified atom stereocenters. The van der Waals surface area contributed by atoms with Crippen molar-refractivity contribution < 1.29 is 4.74 Å². The standard InChI is InChI=1S/C17H27NO/c1-17(10-5-4-6-11-17)16(18-2)13-14-8-7-9-15(12-14)19-3/h7-9,12,16,18H,4-6,10-11,13H2,1-3H3. The van der Waals surface area contributed by atoms with Crippen molar-refractivity contribution >= 4 is 0 Å². The van der Waals surface area contributed by atoms with Gasteiger partial charge in [-0.2, -0.15) is 0 Å². The van der Waals surface area contributed by atoms with Crippen LogP contribution in [0.5, 0.6) is 5.75 Å². The van der Waals surface area contributed by atoms with E-state index >= 15 is 0 Å². The van der Waals surface area contributed by atoms with Gasteiger partial charge in [0.1, 0.15) is 5.75 Å². The molecule has 1 aromatic carbocycles. The van der Waals surface area contributed by atoms with E-state index in [0.717, 1.165) is 12.2 Å². The van der Waals surface area contributed by atoms with E-state index in [4.69, 9.17) is 4.74 Å². The van der Waals surface area contributed by atoms with Crippen LogP contribution >= 0.6 is 0 Å². The summed E-state index contributed by atoms with van der Waals surface area (Å²) in [4.78, 5) is 0. The predicted molar refractivity (Wildman–Crippen MR) is 80.7 cm³/mol. The molecule has 1 aliphatic rings. The molecule has 19 heavy (non-hydrogen) atoms.